The van der Waals surface area contributed by atoms with Crippen molar-refractivity contribution >= 4 is 60.4 Å². The van der Waals surface area contributed by atoms with Gasteiger partial charge in [0, 0.05) is 26.0 Å². The van der Waals surface area contributed by atoms with E-state index in [1.54, 1.807) is 23.5 Å². The standard InChI is InChI=1S/C18H12BrN3O2S2/c19-11-3-1-4-12(7-11)21-15(23)8-22-10-20-17-16(18(22)24)13(9-26-17)14-5-2-6-25-14/h1-7,9-10H,8H2,(H,21,23). The molecule has 4 aromatic rings. The minimum absolute atomic E-state index is 0.0893. The Morgan fingerprint density at radius 1 is 1.23 bits per heavy atom. The first-order valence-electron chi connectivity index (χ1n) is 7.68. The highest BCUT2D eigenvalue weighted by atomic mass is 79.9. The first-order chi connectivity index (χ1) is 12.6. The minimum atomic E-state index is -0.278. The van der Waals surface area contributed by atoms with Crippen LogP contribution >= 0.6 is 38.6 Å². The lowest BCUT2D eigenvalue weighted by Gasteiger charge is -2.08. The van der Waals surface area contributed by atoms with Crippen molar-refractivity contribution in [2.45, 2.75) is 6.54 Å². The Balaban J connectivity index is 1.65. The molecule has 3 aromatic heterocycles. The van der Waals surface area contributed by atoms with Gasteiger partial charge in [0.05, 0.1) is 11.7 Å². The van der Waals surface area contributed by atoms with Crippen molar-refractivity contribution in [2.75, 3.05) is 5.32 Å². The summed E-state index contributed by atoms with van der Waals surface area (Å²) in [6, 6.07) is 11.2. The number of carbonyl (C=O) groups is 1. The lowest BCUT2D eigenvalue weighted by Crippen LogP contribution is -2.27. The summed E-state index contributed by atoms with van der Waals surface area (Å²) < 4.78 is 2.22. The Morgan fingerprint density at radius 3 is 2.88 bits per heavy atom. The predicted octanol–water partition coefficient (Wildman–Crippen LogP) is 4.59. The fourth-order valence-electron chi connectivity index (χ4n) is 2.61. The van der Waals surface area contributed by atoms with Crippen molar-refractivity contribution in [1.82, 2.24) is 9.55 Å². The molecule has 0 aliphatic rings. The Labute approximate surface area is 165 Å². The van der Waals surface area contributed by atoms with Crippen molar-refractivity contribution in [1.29, 1.82) is 0 Å². The van der Waals surface area contributed by atoms with Crippen LogP contribution in [-0.2, 0) is 11.3 Å². The number of carbonyl (C=O) groups excluding carboxylic acids is 1. The summed E-state index contributed by atoms with van der Waals surface area (Å²) in [5, 5.41) is 7.27. The number of aromatic nitrogens is 2. The number of benzene rings is 1. The molecule has 1 N–H and O–H groups in total. The molecular weight excluding hydrogens is 434 g/mol. The highest BCUT2D eigenvalue weighted by Gasteiger charge is 2.15. The molecule has 0 atom stereocenters. The van der Waals surface area contributed by atoms with Gasteiger partial charge in [-0.1, -0.05) is 28.1 Å². The molecule has 5 nitrogen and oxygen atoms in total. The van der Waals surface area contributed by atoms with Crippen LogP contribution in [0.15, 0.2) is 62.8 Å². The van der Waals surface area contributed by atoms with Crippen LogP contribution in [0.1, 0.15) is 0 Å². The summed E-state index contributed by atoms with van der Waals surface area (Å²) in [4.78, 5) is 31.3. The van der Waals surface area contributed by atoms with E-state index in [-0.39, 0.29) is 18.0 Å². The summed E-state index contributed by atoms with van der Waals surface area (Å²) in [6.07, 6.45) is 1.43. The number of halogens is 1. The Kier molecular flexibility index (Phi) is 4.71. The number of rotatable bonds is 4. The molecule has 1 amide bonds. The van der Waals surface area contributed by atoms with Crippen molar-refractivity contribution in [2.24, 2.45) is 0 Å². The van der Waals surface area contributed by atoms with Gasteiger partial charge < -0.3 is 5.32 Å². The third-order valence-electron chi connectivity index (χ3n) is 3.77. The van der Waals surface area contributed by atoms with Gasteiger partial charge in [-0.3, -0.25) is 14.2 Å². The molecule has 0 aliphatic heterocycles. The van der Waals surface area contributed by atoms with Crippen LogP contribution in [0, 0.1) is 0 Å². The third-order valence-corrected chi connectivity index (χ3v) is 6.05. The molecule has 8 heteroatoms. The zero-order valence-corrected chi connectivity index (χ0v) is 16.5. The second kappa shape index (κ2) is 7.14. The van der Waals surface area contributed by atoms with Crippen LogP contribution < -0.4 is 10.9 Å². The second-order valence-electron chi connectivity index (χ2n) is 5.54. The van der Waals surface area contributed by atoms with E-state index in [1.807, 2.05) is 35.0 Å². The molecule has 1 aromatic carbocycles. The van der Waals surface area contributed by atoms with Crippen molar-refractivity contribution in [3.8, 4) is 10.4 Å². The molecule has 4 rings (SSSR count). The normalized spacial score (nSPS) is 11.0. The Morgan fingerprint density at radius 2 is 2.12 bits per heavy atom. The zero-order chi connectivity index (χ0) is 18.1. The van der Waals surface area contributed by atoms with Gasteiger partial charge in [-0.15, -0.1) is 22.7 Å². The number of hydrogen-bond donors (Lipinski definition) is 1. The van der Waals surface area contributed by atoms with Gasteiger partial charge in [-0.05, 0) is 29.6 Å². The van der Waals surface area contributed by atoms with Gasteiger partial charge in [-0.2, -0.15) is 0 Å². The summed E-state index contributed by atoms with van der Waals surface area (Å²) in [5.41, 5.74) is 1.34. The van der Waals surface area contributed by atoms with Crippen molar-refractivity contribution in [3.63, 3.8) is 0 Å². The van der Waals surface area contributed by atoms with Gasteiger partial charge in [-0.25, -0.2) is 4.98 Å². The molecule has 0 spiro atoms. The Bertz CT molecular complexity index is 1150. The first kappa shape index (κ1) is 17.1. The maximum Gasteiger partial charge on any atom is 0.263 e. The zero-order valence-electron chi connectivity index (χ0n) is 13.3. The number of anilines is 1. The van der Waals surface area contributed by atoms with Gasteiger partial charge in [0.15, 0.2) is 0 Å². The molecule has 0 radical (unpaired) electrons. The van der Waals surface area contributed by atoms with E-state index in [1.165, 1.54) is 22.2 Å². The summed E-state index contributed by atoms with van der Waals surface area (Å²) in [5.74, 6) is -0.278. The molecule has 26 heavy (non-hydrogen) atoms. The van der Waals surface area contributed by atoms with Gasteiger partial charge >= 0.3 is 0 Å². The first-order valence-corrected chi connectivity index (χ1v) is 10.2. The SMILES string of the molecule is O=C(Cn1cnc2scc(-c3cccs3)c2c1=O)Nc1cccc(Br)c1. The number of hydrogen-bond acceptors (Lipinski definition) is 5. The van der Waals surface area contributed by atoms with E-state index in [2.05, 4.69) is 26.2 Å². The van der Waals surface area contributed by atoms with E-state index in [0.29, 0.717) is 15.9 Å². The molecule has 0 unspecified atom stereocenters. The van der Waals surface area contributed by atoms with Crippen LogP contribution in [0.25, 0.3) is 20.7 Å². The van der Waals surface area contributed by atoms with E-state index in [9.17, 15) is 9.59 Å². The molecule has 0 saturated carbocycles. The molecule has 0 bridgehead atoms. The van der Waals surface area contributed by atoms with E-state index in [0.717, 1.165) is 14.9 Å². The van der Waals surface area contributed by atoms with E-state index >= 15 is 0 Å². The topological polar surface area (TPSA) is 64.0 Å². The van der Waals surface area contributed by atoms with Crippen LogP contribution in [0.5, 0.6) is 0 Å². The second-order valence-corrected chi connectivity index (χ2v) is 8.26. The molecule has 0 fully saturated rings. The average Bonchev–Trinajstić information content (AvgIpc) is 3.26. The fraction of sp³-hybridized carbons (Fsp3) is 0.0556. The average molecular weight is 446 g/mol. The molecule has 130 valence electrons. The van der Waals surface area contributed by atoms with Gasteiger partial charge in [0.1, 0.15) is 11.4 Å². The summed E-state index contributed by atoms with van der Waals surface area (Å²) in [6.45, 7) is -0.0893. The van der Waals surface area contributed by atoms with Gasteiger partial charge in [0.2, 0.25) is 5.91 Å². The van der Waals surface area contributed by atoms with Crippen molar-refractivity contribution < 1.29 is 4.79 Å². The summed E-state index contributed by atoms with van der Waals surface area (Å²) in [7, 11) is 0. The number of amides is 1. The van der Waals surface area contributed by atoms with E-state index < -0.39 is 0 Å². The number of nitrogens with zero attached hydrogens (tertiary/aromatic N) is 2. The maximum absolute atomic E-state index is 12.9. The largest absolute Gasteiger partial charge is 0.324 e. The predicted molar refractivity (Wildman–Crippen MR) is 110 cm³/mol. The lowest BCUT2D eigenvalue weighted by atomic mass is 10.2. The monoisotopic (exact) mass is 445 g/mol. The fourth-order valence-corrected chi connectivity index (χ4v) is 4.73. The highest BCUT2D eigenvalue weighted by Crippen LogP contribution is 2.33. The maximum atomic E-state index is 12.9. The van der Waals surface area contributed by atoms with E-state index in [4.69, 9.17) is 0 Å². The Hall–Kier alpha value is -2.29. The van der Waals surface area contributed by atoms with Crippen LogP contribution in [-0.4, -0.2) is 15.5 Å². The van der Waals surface area contributed by atoms with Gasteiger partial charge in [0.25, 0.3) is 5.56 Å². The smallest absolute Gasteiger partial charge is 0.263 e. The molecule has 0 aliphatic carbocycles. The summed E-state index contributed by atoms with van der Waals surface area (Å²) >= 11 is 6.37. The van der Waals surface area contributed by atoms with Crippen LogP contribution in [0.4, 0.5) is 5.69 Å². The number of fused-ring (bicyclic) bond motifs is 1. The number of nitrogens with one attached hydrogen (secondary N) is 1. The van der Waals surface area contributed by atoms with Crippen LogP contribution in [0.2, 0.25) is 0 Å². The third kappa shape index (κ3) is 3.35. The molecule has 0 saturated heterocycles. The number of thiophene rings is 2. The lowest BCUT2D eigenvalue weighted by molar-refractivity contribution is -0.116. The quantitative estimate of drug-likeness (QED) is 0.499. The minimum Gasteiger partial charge on any atom is -0.324 e. The highest BCUT2D eigenvalue weighted by molar-refractivity contribution is 9.10. The van der Waals surface area contributed by atoms with Crippen molar-refractivity contribution in [3.05, 3.63) is 68.3 Å². The molecule has 3 heterocycles. The molecular formula is C18H12BrN3O2S2. The van der Waals surface area contributed by atoms with Crippen LogP contribution in [0.3, 0.4) is 0 Å².